The molecular formula is C28H29N. The predicted molar refractivity (Wildman–Crippen MR) is 124 cm³/mol. The molecular weight excluding hydrogens is 350 g/mol. The zero-order chi connectivity index (χ0) is 20.1. The minimum Gasteiger partial charge on any atom is -0.359 e. The van der Waals surface area contributed by atoms with Crippen LogP contribution in [0.15, 0.2) is 78.5 Å². The van der Waals surface area contributed by atoms with E-state index in [0.29, 0.717) is 23.7 Å². The Labute approximate surface area is 174 Å². The number of hydrogen-bond donors (Lipinski definition) is 1. The van der Waals surface area contributed by atoms with Crippen molar-refractivity contribution in [2.75, 3.05) is 5.32 Å². The second kappa shape index (κ2) is 6.91. The zero-order valence-corrected chi connectivity index (χ0v) is 17.7. The number of nitrogens with one attached hydrogen (secondary N) is 1. The molecule has 0 saturated carbocycles. The van der Waals surface area contributed by atoms with E-state index in [2.05, 4.69) is 106 Å². The highest BCUT2D eigenvalue weighted by Crippen LogP contribution is 2.51. The fourth-order valence-corrected chi connectivity index (χ4v) is 5.04. The van der Waals surface area contributed by atoms with Crippen LogP contribution in [0.2, 0.25) is 0 Å². The average molecular weight is 380 g/mol. The van der Waals surface area contributed by atoms with Crippen LogP contribution in [-0.2, 0) is 0 Å². The second-order valence-corrected chi connectivity index (χ2v) is 9.03. The van der Waals surface area contributed by atoms with Crippen molar-refractivity contribution < 1.29 is 0 Å². The zero-order valence-electron chi connectivity index (χ0n) is 17.7. The van der Waals surface area contributed by atoms with E-state index >= 15 is 0 Å². The Hall–Kier alpha value is -2.80. The van der Waals surface area contributed by atoms with Crippen molar-refractivity contribution in [1.82, 2.24) is 0 Å². The molecule has 1 heteroatoms. The topological polar surface area (TPSA) is 12.0 Å². The van der Waals surface area contributed by atoms with E-state index in [1.54, 1.807) is 0 Å². The van der Waals surface area contributed by atoms with Crippen LogP contribution in [0, 0.1) is 11.8 Å². The maximum atomic E-state index is 3.74. The standard InChI is InChI=1S/C28H29N/c1-17(2)18(3)25-16-26-19(4)27-23(21-10-12-22(29-26)13-11-21)14-15-24(28(25)27)20-8-6-5-7-9-20/h5-19,25,29H,1-4H3. The Kier molecular flexibility index (Phi) is 4.35. The minimum atomic E-state index is 0.351. The van der Waals surface area contributed by atoms with E-state index in [9.17, 15) is 0 Å². The first-order valence-electron chi connectivity index (χ1n) is 10.9. The normalized spacial score (nSPS) is 20.4. The van der Waals surface area contributed by atoms with Gasteiger partial charge in [0.15, 0.2) is 0 Å². The van der Waals surface area contributed by atoms with E-state index in [1.165, 1.54) is 44.8 Å². The molecule has 0 amide bonds. The first-order chi connectivity index (χ1) is 14.0. The Morgan fingerprint density at radius 1 is 0.724 bits per heavy atom. The van der Waals surface area contributed by atoms with Crippen molar-refractivity contribution in [3.8, 4) is 22.3 Å². The van der Waals surface area contributed by atoms with Gasteiger partial charge in [0, 0.05) is 23.2 Å². The molecule has 4 bridgehead atoms. The van der Waals surface area contributed by atoms with Gasteiger partial charge in [-0.15, -0.1) is 0 Å². The van der Waals surface area contributed by atoms with Gasteiger partial charge in [0.25, 0.3) is 0 Å². The summed E-state index contributed by atoms with van der Waals surface area (Å²) in [7, 11) is 0. The van der Waals surface area contributed by atoms with Crippen LogP contribution in [0.3, 0.4) is 0 Å². The smallest absolute Gasteiger partial charge is 0.0382 e. The lowest BCUT2D eigenvalue weighted by molar-refractivity contribution is 0.378. The lowest BCUT2D eigenvalue weighted by atomic mass is 9.68. The highest BCUT2D eigenvalue weighted by atomic mass is 14.9. The molecule has 146 valence electrons. The summed E-state index contributed by atoms with van der Waals surface area (Å²) in [6.45, 7) is 9.47. The molecule has 0 spiro atoms. The fourth-order valence-electron chi connectivity index (χ4n) is 5.04. The molecule has 1 nitrogen and oxygen atoms in total. The summed E-state index contributed by atoms with van der Waals surface area (Å²) < 4.78 is 0. The number of rotatable bonds is 3. The molecule has 0 saturated heterocycles. The van der Waals surface area contributed by atoms with Crippen molar-refractivity contribution in [2.45, 2.75) is 39.5 Å². The minimum absolute atomic E-state index is 0.351. The van der Waals surface area contributed by atoms with Gasteiger partial charge >= 0.3 is 0 Å². The van der Waals surface area contributed by atoms with Crippen LogP contribution in [0.1, 0.15) is 50.7 Å². The van der Waals surface area contributed by atoms with Crippen LogP contribution in [-0.4, -0.2) is 0 Å². The summed E-state index contributed by atoms with van der Waals surface area (Å²) in [5.74, 6) is 1.93. The SMILES string of the molecule is CC1C2=CC(C(C)C(C)C)c3c(-c4ccccc4)ccc(c31)-c1ccc(cc1)N2. The lowest BCUT2D eigenvalue weighted by Gasteiger charge is -2.37. The molecule has 3 aliphatic rings. The molecule has 0 aromatic heterocycles. The molecule has 0 fully saturated rings. The molecule has 3 atom stereocenters. The number of hydrogen-bond acceptors (Lipinski definition) is 1. The molecule has 1 N–H and O–H groups in total. The van der Waals surface area contributed by atoms with Gasteiger partial charge in [-0.25, -0.2) is 0 Å². The Morgan fingerprint density at radius 2 is 1.34 bits per heavy atom. The monoisotopic (exact) mass is 379 g/mol. The molecule has 29 heavy (non-hydrogen) atoms. The van der Waals surface area contributed by atoms with E-state index in [0.717, 1.165) is 0 Å². The van der Waals surface area contributed by atoms with Crippen LogP contribution in [0.5, 0.6) is 0 Å². The molecule has 1 aliphatic carbocycles. The molecule has 3 unspecified atom stereocenters. The summed E-state index contributed by atoms with van der Waals surface area (Å²) in [6.07, 6.45) is 2.52. The number of benzene rings is 3. The van der Waals surface area contributed by atoms with Gasteiger partial charge < -0.3 is 5.32 Å². The van der Waals surface area contributed by atoms with Crippen LogP contribution in [0.4, 0.5) is 5.69 Å². The summed E-state index contributed by atoms with van der Waals surface area (Å²) in [5.41, 5.74) is 11.0. The van der Waals surface area contributed by atoms with Gasteiger partial charge in [-0.3, -0.25) is 0 Å². The third kappa shape index (κ3) is 2.92. The average Bonchev–Trinajstić information content (AvgIpc) is 2.81. The highest BCUT2D eigenvalue weighted by molar-refractivity contribution is 5.82. The van der Waals surface area contributed by atoms with Gasteiger partial charge in [0.2, 0.25) is 0 Å². The molecule has 2 heterocycles. The summed E-state index contributed by atoms with van der Waals surface area (Å²) in [5, 5.41) is 3.74. The van der Waals surface area contributed by atoms with Gasteiger partial charge in [0.05, 0.1) is 0 Å². The van der Waals surface area contributed by atoms with Crippen molar-refractivity contribution in [3.05, 3.63) is 89.6 Å². The number of allylic oxidation sites excluding steroid dienone is 2. The lowest BCUT2D eigenvalue weighted by Crippen LogP contribution is -2.24. The summed E-state index contributed by atoms with van der Waals surface area (Å²) >= 11 is 0. The molecule has 6 rings (SSSR count). The summed E-state index contributed by atoms with van der Waals surface area (Å²) in [4.78, 5) is 0. The maximum absolute atomic E-state index is 3.74. The Bertz CT molecular complexity index is 1070. The molecule has 3 aromatic carbocycles. The largest absolute Gasteiger partial charge is 0.359 e. The van der Waals surface area contributed by atoms with Crippen LogP contribution >= 0.6 is 0 Å². The highest BCUT2D eigenvalue weighted by Gasteiger charge is 2.35. The van der Waals surface area contributed by atoms with Crippen molar-refractivity contribution in [3.63, 3.8) is 0 Å². The Morgan fingerprint density at radius 3 is 2.00 bits per heavy atom. The van der Waals surface area contributed by atoms with Crippen molar-refractivity contribution in [1.29, 1.82) is 0 Å². The third-order valence-corrected chi connectivity index (χ3v) is 7.07. The van der Waals surface area contributed by atoms with Crippen molar-refractivity contribution in [2.24, 2.45) is 11.8 Å². The van der Waals surface area contributed by atoms with E-state index < -0.39 is 0 Å². The van der Waals surface area contributed by atoms with Gasteiger partial charge in [-0.2, -0.15) is 0 Å². The van der Waals surface area contributed by atoms with Crippen LogP contribution in [0.25, 0.3) is 22.3 Å². The predicted octanol–water partition coefficient (Wildman–Crippen LogP) is 7.82. The maximum Gasteiger partial charge on any atom is 0.0382 e. The fraction of sp³-hybridized carbons (Fsp3) is 0.286. The first-order valence-corrected chi connectivity index (χ1v) is 10.9. The van der Waals surface area contributed by atoms with E-state index in [4.69, 9.17) is 0 Å². The third-order valence-electron chi connectivity index (χ3n) is 7.07. The second-order valence-electron chi connectivity index (χ2n) is 9.03. The molecule has 0 radical (unpaired) electrons. The van der Waals surface area contributed by atoms with Crippen LogP contribution < -0.4 is 5.32 Å². The molecule has 3 aromatic rings. The summed E-state index contributed by atoms with van der Waals surface area (Å²) in [6, 6.07) is 24.5. The Balaban J connectivity index is 1.86. The van der Waals surface area contributed by atoms with Gasteiger partial charge in [-0.05, 0) is 57.3 Å². The number of anilines is 1. The van der Waals surface area contributed by atoms with E-state index in [-0.39, 0.29) is 0 Å². The first kappa shape index (κ1) is 18.2. The number of fused-ring (bicyclic) bond motifs is 2. The molecule has 2 aliphatic heterocycles. The quantitative estimate of drug-likeness (QED) is 0.489. The van der Waals surface area contributed by atoms with Gasteiger partial charge in [0.1, 0.15) is 0 Å². The van der Waals surface area contributed by atoms with E-state index in [1.807, 2.05) is 0 Å². The van der Waals surface area contributed by atoms with Crippen molar-refractivity contribution >= 4 is 5.69 Å². The van der Waals surface area contributed by atoms with Gasteiger partial charge in [-0.1, -0.05) is 88.4 Å².